The van der Waals surface area contributed by atoms with Gasteiger partial charge >= 0.3 is 5.97 Å². The molecule has 8 heteroatoms. The van der Waals surface area contributed by atoms with Crippen molar-refractivity contribution in [3.63, 3.8) is 0 Å². The molecule has 0 spiro atoms. The SMILES string of the molecule is NC(=O)CN1CC(O)CC1=O.NCC(=O)O. The van der Waals surface area contributed by atoms with E-state index in [2.05, 4.69) is 5.73 Å². The number of primary amides is 1. The van der Waals surface area contributed by atoms with E-state index in [0.717, 1.165) is 0 Å². The van der Waals surface area contributed by atoms with E-state index in [0.29, 0.717) is 0 Å². The van der Waals surface area contributed by atoms with Gasteiger partial charge in [0.2, 0.25) is 11.8 Å². The Hall–Kier alpha value is -1.67. The number of carboxylic acids is 1. The third-order valence-electron chi connectivity index (χ3n) is 1.72. The molecule has 0 bridgehead atoms. The van der Waals surface area contributed by atoms with Gasteiger partial charge in [-0.1, -0.05) is 0 Å². The Morgan fingerprint density at radius 2 is 2.00 bits per heavy atom. The lowest BCUT2D eigenvalue weighted by Crippen LogP contribution is -2.35. The maximum Gasteiger partial charge on any atom is 0.317 e. The first kappa shape index (κ1) is 14.3. The number of aliphatic carboxylic acids is 1. The molecule has 8 nitrogen and oxygen atoms in total. The molecule has 2 amide bonds. The van der Waals surface area contributed by atoms with Crippen LogP contribution in [0.2, 0.25) is 0 Å². The van der Waals surface area contributed by atoms with E-state index in [1.54, 1.807) is 0 Å². The minimum absolute atomic E-state index is 0.0874. The highest BCUT2D eigenvalue weighted by Crippen LogP contribution is 2.09. The van der Waals surface area contributed by atoms with E-state index in [9.17, 15) is 14.4 Å². The Kier molecular flexibility index (Phi) is 6.04. The van der Waals surface area contributed by atoms with E-state index in [1.807, 2.05) is 0 Å². The lowest BCUT2D eigenvalue weighted by atomic mass is 10.3. The zero-order valence-corrected chi connectivity index (χ0v) is 8.63. The van der Waals surface area contributed by atoms with Crippen LogP contribution in [0.15, 0.2) is 0 Å². The van der Waals surface area contributed by atoms with E-state index in [4.69, 9.17) is 15.9 Å². The number of nitrogens with two attached hydrogens (primary N) is 2. The second-order valence-corrected chi connectivity index (χ2v) is 3.20. The molecule has 16 heavy (non-hydrogen) atoms. The number of rotatable bonds is 3. The maximum atomic E-state index is 10.9. The van der Waals surface area contributed by atoms with Crippen LogP contribution in [0.25, 0.3) is 0 Å². The van der Waals surface area contributed by atoms with Gasteiger partial charge in [-0.3, -0.25) is 14.4 Å². The molecule has 1 aliphatic rings. The Morgan fingerprint density at radius 3 is 2.25 bits per heavy atom. The van der Waals surface area contributed by atoms with Gasteiger partial charge in [-0.25, -0.2) is 0 Å². The van der Waals surface area contributed by atoms with E-state index in [1.165, 1.54) is 4.90 Å². The molecular weight excluding hydrogens is 218 g/mol. The number of aliphatic hydroxyl groups is 1. The molecule has 1 heterocycles. The lowest BCUT2D eigenvalue weighted by Gasteiger charge is -2.11. The fourth-order valence-electron chi connectivity index (χ4n) is 1.09. The largest absolute Gasteiger partial charge is 0.480 e. The molecule has 0 saturated carbocycles. The highest BCUT2D eigenvalue weighted by atomic mass is 16.4. The molecule has 0 aromatic rings. The minimum atomic E-state index is -0.968. The fourth-order valence-corrected chi connectivity index (χ4v) is 1.09. The van der Waals surface area contributed by atoms with Crippen molar-refractivity contribution in [1.82, 2.24) is 4.90 Å². The first-order chi connectivity index (χ1) is 7.36. The molecule has 1 rings (SSSR count). The number of aliphatic hydroxyl groups excluding tert-OH is 1. The molecule has 0 aromatic heterocycles. The molecule has 1 aliphatic heterocycles. The molecule has 6 N–H and O–H groups in total. The van der Waals surface area contributed by atoms with Crippen LogP contribution in [0.3, 0.4) is 0 Å². The summed E-state index contributed by atoms with van der Waals surface area (Å²) in [5.41, 5.74) is 9.44. The average molecular weight is 233 g/mol. The summed E-state index contributed by atoms with van der Waals surface area (Å²) >= 11 is 0. The number of carbonyl (C=O) groups is 3. The average Bonchev–Trinajstić information content (AvgIpc) is 2.45. The van der Waals surface area contributed by atoms with Crippen LogP contribution < -0.4 is 11.5 Å². The molecule has 1 atom stereocenters. The molecule has 0 radical (unpaired) electrons. The summed E-state index contributed by atoms with van der Waals surface area (Å²) in [6.07, 6.45) is -0.533. The van der Waals surface area contributed by atoms with Crippen LogP contribution in [0.4, 0.5) is 0 Å². The number of nitrogens with zero attached hydrogens (tertiary/aromatic N) is 1. The number of hydrogen-bond donors (Lipinski definition) is 4. The first-order valence-electron chi connectivity index (χ1n) is 4.52. The van der Waals surface area contributed by atoms with Gasteiger partial charge in [0.25, 0.3) is 0 Å². The zero-order valence-electron chi connectivity index (χ0n) is 8.63. The van der Waals surface area contributed by atoms with Gasteiger partial charge in [0.15, 0.2) is 0 Å². The molecule has 0 aliphatic carbocycles. The maximum absolute atomic E-state index is 10.9. The van der Waals surface area contributed by atoms with Gasteiger partial charge < -0.3 is 26.6 Å². The number of hydrogen-bond acceptors (Lipinski definition) is 5. The summed E-state index contributed by atoms with van der Waals surface area (Å²) in [5.74, 6) is -1.73. The number of β-amino-alcohol motifs (C(OH)–C–C–N with tert-alkyl or cyclic N) is 1. The third kappa shape index (κ3) is 5.94. The predicted octanol–water partition coefficient (Wildman–Crippen LogP) is -2.91. The second-order valence-electron chi connectivity index (χ2n) is 3.20. The predicted molar refractivity (Wildman–Crippen MR) is 53.1 cm³/mol. The van der Waals surface area contributed by atoms with E-state index < -0.39 is 18.0 Å². The highest BCUT2D eigenvalue weighted by molar-refractivity contribution is 5.85. The fraction of sp³-hybridized carbons (Fsp3) is 0.625. The van der Waals surface area contributed by atoms with Crippen molar-refractivity contribution in [2.24, 2.45) is 11.5 Å². The van der Waals surface area contributed by atoms with Gasteiger partial charge in [0.1, 0.15) is 0 Å². The van der Waals surface area contributed by atoms with Crippen LogP contribution in [0.1, 0.15) is 6.42 Å². The smallest absolute Gasteiger partial charge is 0.317 e. The van der Waals surface area contributed by atoms with Gasteiger partial charge in [0, 0.05) is 6.54 Å². The van der Waals surface area contributed by atoms with E-state index in [-0.39, 0.29) is 32.0 Å². The van der Waals surface area contributed by atoms with Crippen molar-refractivity contribution >= 4 is 17.8 Å². The number of amides is 2. The highest BCUT2D eigenvalue weighted by Gasteiger charge is 2.28. The van der Waals surface area contributed by atoms with Crippen molar-refractivity contribution in [3.05, 3.63) is 0 Å². The zero-order chi connectivity index (χ0) is 12.7. The third-order valence-corrected chi connectivity index (χ3v) is 1.72. The molecule has 1 unspecified atom stereocenters. The number of carboxylic acid groups (broad SMARTS) is 1. The molecule has 1 fully saturated rings. The molecule has 0 aromatic carbocycles. The van der Waals surface area contributed by atoms with Crippen molar-refractivity contribution in [2.75, 3.05) is 19.6 Å². The topological polar surface area (TPSA) is 147 Å². The monoisotopic (exact) mass is 233 g/mol. The van der Waals surface area contributed by atoms with Crippen molar-refractivity contribution < 1.29 is 24.6 Å². The van der Waals surface area contributed by atoms with Gasteiger partial charge in [-0.05, 0) is 0 Å². The van der Waals surface area contributed by atoms with Crippen LogP contribution in [-0.2, 0) is 14.4 Å². The van der Waals surface area contributed by atoms with Crippen molar-refractivity contribution in [2.45, 2.75) is 12.5 Å². The normalized spacial score (nSPS) is 19.0. The minimum Gasteiger partial charge on any atom is -0.480 e. The quantitative estimate of drug-likeness (QED) is 0.411. The summed E-state index contributed by atoms with van der Waals surface area (Å²) in [6.45, 7) is -0.141. The van der Waals surface area contributed by atoms with Crippen LogP contribution in [0.5, 0.6) is 0 Å². The van der Waals surface area contributed by atoms with Gasteiger partial charge in [0.05, 0.1) is 25.6 Å². The van der Waals surface area contributed by atoms with Crippen LogP contribution >= 0.6 is 0 Å². The van der Waals surface area contributed by atoms with Crippen LogP contribution in [0, 0.1) is 0 Å². The standard InChI is InChI=1S/C6H10N2O3.C2H5NO2/c7-5(10)3-8-2-4(9)1-6(8)11;3-1-2(4)5/h4,9H,1-3H2,(H2,7,10);1,3H2,(H,4,5). The number of carbonyl (C=O) groups excluding carboxylic acids is 2. The Labute approximate surface area is 91.8 Å². The summed E-state index contributed by atoms with van der Waals surface area (Å²) in [5, 5.41) is 16.6. The summed E-state index contributed by atoms with van der Waals surface area (Å²) in [7, 11) is 0. The van der Waals surface area contributed by atoms with Crippen molar-refractivity contribution in [1.29, 1.82) is 0 Å². The van der Waals surface area contributed by atoms with Gasteiger partial charge in [-0.2, -0.15) is 0 Å². The number of likely N-dealkylation sites (tertiary alicyclic amines) is 1. The first-order valence-corrected chi connectivity index (χ1v) is 4.52. The second kappa shape index (κ2) is 6.75. The summed E-state index contributed by atoms with van der Waals surface area (Å²) in [4.78, 5) is 31.7. The molecule has 1 saturated heterocycles. The summed E-state index contributed by atoms with van der Waals surface area (Å²) < 4.78 is 0. The van der Waals surface area contributed by atoms with Gasteiger partial charge in [-0.15, -0.1) is 0 Å². The Morgan fingerprint density at radius 1 is 1.50 bits per heavy atom. The summed E-state index contributed by atoms with van der Waals surface area (Å²) in [6, 6.07) is 0. The molecular formula is C8H15N3O5. The van der Waals surface area contributed by atoms with Crippen molar-refractivity contribution in [3.8, 4) is 0 Å². The Bertz CT molecular complexity index is 281. The van der Waals surface area contributed by atoms with Crippen LogP contribution in [-0.4, -0.2) is 58.6 Å². The lowest BCUT2D eigenvalue weighted by molar-refractivity contribution is -0.135. The van der Waals surface area contributed by atoms with E-state index >= 15 is 0 Å². The molecule has 92 valence electrons. The Balaban J connectivity index is 0.000000385.